The van der Waals surface area contributed by atoms with Gasteiger partial charge in [-0.3, -0.25) is 19.5 Å². The maximum atomic E-state index is 13.1. The van der Waals surface area contributed by atoms with Crippen LogP contribution in [0.25, 0.3) is 21.3 Å². The number of fused-ring (bicyclic) bond motifs is 1. The molecule has 2 saturated carbocycles. The van der Waals surface area contributed by atoms with Crippen LogP contribution in [0.15, 0.2) is 55.1 Å². The van der Waals surface area contributed by atoms with Crippen molar-refractivity contribution in [1.82, 2.24) is 29.7 Å². The molecule has 234 valence electrons. The minimum Gasteiger partial charge on any atom is -0.390 e. The maximum Gasteiger partial charge on any atom is 0.254 e. The lowest BCUT2D eigenvalue weighted by molar-refractivity contribution is -0.125. The Kier molecular flexibility index (Phi) is 8.54. The van der Waals surface area contributed by atoms with Crippen LogP contribution in [0, 0.1) is 5.92 Å². The van der Waals surface area contributed by atoms with Crippen LogP contribution in [-0.2, 0) is 16.1 Å². The number of aliphatic hydroxyl groups excluding tert-OH is 1. The standard InChI is InChI=1S/C33H37N7O4S/c1-20-18-39(32(43)21-7-9-34-10-8-21)11-12-40(20)25-13-23(14-25)31(42)38-33-37-26-6-5-22(15-29(26)45-33)24-16-35-30(36-17-24)19-44-28-4-2-3-27(28)41/h5-10,15-17,20,23,25,27-28,41H,2-4,11-14,18-19H2,1H3,(H,37,38,42)/t20-,23?,25?,27-,28-/m0/s1. The molecule has 3 aliphatic rings. The largest absolute Gasteiger partial charge is 0.390 e. The van der Waals surface area contributed by atoms with E-state index in [1.165, 1.54) is 11.3 Å². The van der Waals surface area contributed by atoms with Crippen LogP contribution in [0.3, 0.4) is 0 Å². The Morgan fingerprint density at radius 2 is 1.87 bits per heavy atom. The first-order valence-corrected chi connectivity index (χ1v) is 16.5. The zero-order valence-corrected chi connectivity index (χ0v) is 26.0. The van der Waals surface area contributed by atoms with Gasteiger partial charge in [0.1, 0.15) is 6.61 Å². The van der Waals surface area contributed by atoms with Crippen molar-refractivity contribution in [2.45, 2.75) is 69.9 Å². The third-order valence-electron chi connectivity index (χ3n) is 9.35. The van der Waals surface area contributed by atoms with Gasteiger partial charge >= 0.3 is 0 Å². The van der Waals surface area contributed by atoms with E-state index in [1.54, 1.807) is 36.9 Å². The summed E-state index contributed by atoms with van der Waals surface area (Å²) in [4.78, 5) is 47.9. The van der Waals surface area contributed by atoms with Crippen molar-refractivity contribution in [2.24, 2.45) is 5.92 Å². The van der Waals surface area contributed by atoms with Crippen LogP contribution >= 0.6 is 11.3 Å². The number of carbonyl (C=O) groups is 2. The molecule has 7 rings (SSSR count). The monoisotopic (exact) mass is 627 g/mol. The molecule has 3 aromatic heterocycles. The first kappa shape index (κ1) is 29.8. The zero-order valence-electron chi connectivity index (χ0n) is 25.2. The fourth-order valence-electron chi connectivity index (χ4n) is 6.67. The van der Waals surface area contributed by atoms with Gasteiger partial charge in [-0.2, -0.15) is 0 Å². The van der Waals surface area contributed by atoms with Gasteiger partial charge in [0, 0.05) is 73.6 Å². The molecule has 4 aromatic rings. The predicted octanol–water partition coefficient (Wildman–Crippen LogP) is 4.14. The van der Waals surface area contributed by atoms with Crippen molar-refractivity contribution in [1.29, 1.82) is 0 Å². The highest BCUT2D eigenvalue weighted by Crippen LogP contribution is 2.36. The molecule has 0 bridgehead atoms. The number of rotatable bonds is 8. The molecule has 11 nitrogen and oxygen atoms in total. The van der Waals surface area contributed by atoms with E-state index in [9.17, 15) is 14.7 Å². The number of hydrogen-bond donors (Lipinski definition) is 2. The number of nitrogens with zero attached hydrogens (tertiary/aromatic N) is 6. The van der Waals surface area contributed by atoms with Crippen LogP contribution in [0.1, 0.15) is 55.2 Å². The highest BCUT2D eigenvalue weighted by atomic mass is 32.1. The minimum absolute atomic E-state index is 0.0148. The van der Waals surface area contributed by atoms with Gasteiger partial charge in [-0.25, -0.2) is 15.0 Å². The van der Waals surface area contributed by atoms with Crippen LogP contribution in [0.5, 0.6) is 0 Å². The topological polar surface area (TPSA) is 134 Å². The average Bonchev–Trinajstić information content (AvgIpc) is 3.64. The number of ether oxygens (including phenoxy) is 1. The Morgan fingerprint density at radius 3 is 2.60 bits per heavy atom. The molecule has 45 heavy (non-hydrogen) atoms. The Morgan fingerprint density at radius 1 is 1.07 bits per heavy atom. The Bertz CT molecular complexity index is 1660. The average molecular weight is 628 g/mol. The van der Waals surface area contributed by atoms with Crippen LogP contribution in [0.4, 0.5) is 5.13 Å². The molecule has 2 aliphatic carbocycles. The highest BCUT2D eigenvalue weighted by molar-refractivity contribution is 7.22. The SMILES string of the molecule is C[C@H]1CN(C(=O)c2ccncc2)CCN1C1CC(C(=O)Nc2nc3ccc(-c4cnc(CO[C@H]5CCC[C@@H]5O)nc4)cc3s2)C1. The van der Waals surface area contributed by atoms with Crippen molar-refractivity contribution in [3.05, 3.63) is 66.5 Å². The van der Waals surface area contributed by atoms with Gasteiger partial charge in [-0.1, -0.05) is 17.4 Å². The predicted molar refractivity (Wildman–Crippen MR) is 171 cm³/mol. The first-order chi connectivity index (χ1) is 21.9. The molecular formula is C33H37N7O4S. The van der Waals surface area contributed by atoms with Crippen molar-refractivity contribution in [3.8, 4) is 11.1 Å². The van der Waals surface area contributed by atoms with Gasteiger partial charge in [0.2, 0.25) is 5.91 Å². The second-order valence-corrected chi connectivity index (χ2v) is 13.4. The molecule has 12 heteroatoms. The fraction of sp³-hybridized carbons (Fsp3) is 0.455. The molecule has 1 saturated heterocycles. The third kappa shape index (κ3) is 6.46. The number of benzene rings is 1. The summed E-state index contributed by atoms with van der Waals surface area (Å²) < 4.78 is 6.78. The highest BCUT2D eigenvalue weighted by Gasteiger charge is 2.41. The summed E-state index contributed by atoms with van der Waals surface area (Å²) in [5.41, 5.74) is 3.36. The van der Waals surface area contributed by atoms with E-state index in [1.807, 2.05) is 23.1 Å². The smallest absolute Gasteiger partial charge is 0.254 e. The van der Waals surface area contributed by atoms with Crippen molar-refractivity contribution < 1.29 is 19.4 Å². The number of nitrogens with one attached hydrogen (secondary N) is 1. The van der Waals surface area contributed by atoms with E-state index in [0.29, 0.717) is 35.7 Å². The molecule has 3 fully saturated rings. The molecule has 0 unspecified atom stereocenters. The quantitative estimate of drug-likeness (QED) is 0.296. The van der Waals surface area contributed by atoms with Gasteiger partial charge in [0.25, 0.3) is 5.91 Å². The van der Waals surface area contributed by atoms with Crippen LogP contribution in [-0.4, -0.2) is 90.6 Å². The van der Waals surface area contributed by atoms with E-state index < -0.39 is 6.10 Å². The lowest BCUT2D eigenvalue weighted by Crippen LogP contribution is -2.60. The second-order valence-electron chi connectivity index (χ2n) is 12.3. The number of anilines is 1. The van der Waals surface area contributed by atoms with E-state index in [2.05, 4.69) is 37.1 Å². The second kappa shape index (κ2) is 12.9. The van der Waals surface area contributed by atoms with Crippen molar-refractivity contribution in [2.75, 3.05) is 25.0 Å². The molecule has 1 aliphatic heterocycles. The fourth-order valence-corrected chi connectivity index (χ4v) is 7.58. The van der Waals surface area contributed by atoms with Gasteiger partial charge in [-0.05, 0) is 68.9 Å². The summed E-state index contributed by atoms with van der Waals surface area (Å²) in [5, 5.41) is 13.6. The summed E-state index contributed by atoms with van der Waals surface area (Å²) in [6.07, 6.45) is 10.6. The first-order valence-electron chi connectivity index (χ1n) is 15.7. The van der Waals surface area contributed by atoms with E-state index >= 15 is 0 Å². The number of amides is 2. The van der Waals surface area contributed by atoms with Crippen molar-refractivity contribution in [3.63, 3.8) is 0 Å². The van der Waals surface area contributed by atoms with Gasteiger partial charge in [-0.15, -0.1) is 0 Å². The van der Waals surface area contributed by atoms with E-state index in [0.717, 1.165) is 60.0 Å². The Balaban J connectivity index is 0.904. The lowest BCUT2D eigenvalue weighted by Gasteiger charge is -2.49. The Hall–Kier alpha value is -3.84. The van der Waals surface area contributed by atoms with E-state index in [-0.39, 0.29) is 36.5 Å². The summed E-state index contributed by atoms with van der Waals surface area (Å²) in [5.74, 6) is 0.609. The minimum atomic E-state index is -0.399. The molecule has 2 amide bonds. The summed E-state index contributed by atoms with van der Waals surface area (Å²) in [7, 11) is 0. The number of hydrogen-bond acceptors (Lipinski definition) is 10. The van der Waals surface area contributed by atoms with Crippen molar-refractivity contribution >= 4 is 38.5 Å². The number of aromatic nitrogens is 4. The van der Waals surface area contributed by atoms with Gasteiger partial charge < -0.3 is 20.1 Å². The summed E-state index contributed by atoms with van der Waals surface area (Å²) in [6.45, 7) is 4.61. The summed E-state index contributed by atoms with van der Waals surface area (Å²) in [6, 6.07) is 10.1. The van der Waals surface area contributed by atoms with Crippen LogP contribution in [0.2, 0.25) is 0 Å². The maximum absolute atomic E-state index is 13.1. The number of pyridine rings is 1. The van der Waals surface area contributed by atoms with E-state index in [4.69, 9.17) is 4.74 Å². The molecule has 1 aromatic carbocycles. The molecule has 4 heterocycles. The normalized spacial score (nSPS) is 25.3. The number of thiazole rings is 1. The molecule has 3 atom stereocenters. The Labute approximate surface area is 265 Å². The third-order valence-corrected chi connectivity index (χ3v) is 10.3. The van der Waals surface area contributed by atoms with Gasteiger partial charge in [0.05, 0.1) is 22.4 Å². The summed E-state index contributed by atoms with van der Waals surface area (Å²) >= 11 is 1.46. The zero-order chi connectivity index (χ0) is 30.9. The lowest BCUT2D eigenvalue weighted by atomic mass is 9.78. The molecular weight excluding hydrogens is 590 g/mol. The molecule has 0 spiro atoms. The number of aliphatic hydroxyl groups is 1. The van der Waals surface area contributed by atoms with Crippen LogP contribution < -0.4 is 5.32 Å². The number of piperazine rings is 1. The number of carbonyl (C=O) groups excluding carboxylic acids is 2. The molecule has 0 radical (unpaired) electrons. The van der Waals surface area contributed by atoms with Gasteiger partial charge in [0.15, 0.2) is 11.0 Å². The molecule has 2 N–H and O–H groups in total.